The van der Waals surface area contributed by atoms with Crippen molar-refractivity contribution in [1.82, 2.24) is 5.32 Å². The maximum Gasteiger partial charge on any atom is 0.228 e. The minimum atomic E-state index is -0.397. The summed E-state index contributed by atoms with van der Waals surface area (Å²) in [6.07, 6.45) is 3.93. The Morgan fingerprint density at radius 3 is 2.81 bits per heavy atom. The first kappa shape index (κ1) is 14.9. The smallest absolute Gasteiger partial charge is 0.228 e. The summed E-state index contributed by atoms with van der Waals surface area (Å²) < 4.78 is 0. The SMILES string of the molecule is CC1CCC(CO)(NC(=O)C2CSc3ccccc32)CC1. The Labute approximate surface area is 130 Å². The maximum atomic E-state index is 12.7. The van der Waals surface area contributed by atoms with Crippen LogP contribution in [0.1, 0.15) is 44.1 Å². The summed E-state index contributed by atoms with van der Waals surface area (Å²) >= 11 is 1.75. The zero-order valence-corrected chi connectivity index (χ0v) is 13.3. The minimum Gasteiger partial charge on any atom is -0.394 e. The first-order chi connectivity index (χ1) is 10.1. The molecule has 1 heterocycles. The average Bonchev–Trinajstić information content (AvgIpc) is 2.94. The van der Waals surface area contributed by atoms with Crippen molar-refractivity contribution in [2.75, 3.05) is 12.4 Å². The molecule has 3 rings (SSSR count). The fourth-order valence-electron chi connectivity index (χ4n) is 3.37. The molecule has 114 valence electrons. The summed E-state index contributed by atoms with van der Waals surface area (Å²) in [5.41, 5.74) is 0.739. The number of rotatable bonds is 3. The van der Waals surface area contributed by atoms with Crippen LogP contribution in [0.3, 0.4) is 0 Å². The Bertz CT molecular complexity index is 523. The van der Waals surface area contributed by atoms with Gasteiger partial charge in [-0.3, -0.25) is 4.79 Å². The van der Waals surface area contributed by atoms with Crippen LogP contribution in [0.2, 0.25) is 0 Å². The van der Waals surface area contributed by atoms with Crippen molar-refractivity contribution in [2.24, 2.45) is 5.92 Å². The van der Waals surface area contributed by atoms with Crippen molar-refractivity contribution in [2.45, 2.75) is 49.0 Å². The van der Waals surface area contributed by atoms with Gasteiger partial charge in [-0.15, -0.1) is 11.8 Å². The van der Waals surface area contributed by atoms with Gasteiger partial charge in [0.15, 0.2) is 0 Å². The molecule has 0 radical (unpaired) electrons. The van der Waals surface area contributed by atoms with Crippen LogP contribution in [0.15, 0.2) is 29.2 Å². The van der Waals surface area contributed by atoms with Gasteiger partial charge in [0.1, 0.15) is 0 Å². The van der Waals surface area contributed by atoms with Crippen molar-refractivity contribution in [1.29, 1.82) is 0 Å². The molecule has 2 N–H and O–H groups in total. The molecule has 0 saturated heterocycles. The van der Waals surface area contributed by atoms with Crippen LogP contribution in [0.25, 0.3) is 0 Å². The third-order valence-electron chi connectivity index (χ3n) is 4.94. The molecular weight excluding hydrogens is 282 g/mol. The van der Waals surface area contributed by atoms with Crippen LogP contribution in [0.5, 0.6) is 0 Å². The Kier molecular flexibility index (Phi) is 4.27. The van der Waals surface area contributed by atoms with Gasteiger partial charge in [-0.25, -0.2) is 0 Å². The molecule has 0 aromatic heterocycles. The van der Waals surface area contributed by atoms with Crippen LogP contribution in [0, 0.1) is 5.92 Å². The van der Waals surface area contributed by atoms with Gasteiger partial charge in [0.05, 0.1) is 18.1 Å². The molecule has 1 aromatic rings. The third kappa shape index (κ3) is 2.97. The van der Waals surface area contributed by atoms with Gasteiger partial charge in [0, 0.05) is 10.6 Å². The molecule has 21 heavy (non-hydrogen) atoms. The molecule has 0 spiro atoms. The van der Waals surface area contributed by atoms with Crippen LogP contribution >= 0.6 is 11.8 Å². The summed E-state index contributed by atoms with van der Waals surface area (Å²) in [4.78, 5) is 13.9. The molecular formula is C17H23NO2S. The van der Waals surface area contributed by atoms with E-state index in [4.69, 9.17) is 0 Å². The van der Waals surface area contributed by atoms with E-state index < -0.39 is 5.54 Å². The molecule has 1 saturated carbocycles. The molecule has 1 aliphatic heterocycles. The number of aliphatic hydroxyl groups excluding tert-OH is 1. The van der Waals surface area contributed by atoms with Gasteiger partial charge in [-0.05, 0) is 43.2 Å². The molecule has 4 heteroatoms. The van der Waals surface area contributed by atoms with E-state index in [1.165, 1.54) is 4.90 Å². The van der Waals surface area contributed by atoms with Crippen molar-refractivity contribution >= 4 is 17.7 Å². The lowest BCUT2D eigenvalue weighted by molar-refractivity contribution is -0.125. The van der Waals surface area contributed by atoms with Gasteiger partial charge in [0.2, 0.25) is 5.91 Å². The van der Waals surface area contributed by atoms with Crippen molar-refractivity contribution in [3.05, 3.63) is 29.8 Å². The zero-order valence-electron chi connectivity index (χ0n) is 12.5. The normalized spacial score (nSPS) is 31.7. The predicted octanol–water partition coefficient (Wildman–Crippen LogP) is 2.93. The largest absolute Gasteiger partial charge is 0.394 e. The standard InChI is InChI=1S/C17H23NO2S/c1-12-6-8-17(11-19,9-7-12)18-16(20)14-10-21-15-5-3-2-4-13(14)15/h2-5,12,14,19H,6-11H2,1H3,(H,18,20). The highest BCUT2D eigenvalue weighted by Crippen LogP contribution is 2.40. The number of benzene rings is 1. The number of nitrogens with one attached hydrogen (secondary N) is 1. The Balaban J connectivity index is 1.72. The van der Waals surface area contributed by atoms with Crippen molar-refractivity contribution < 1.29 is 9.90 Å². The van der Waals surface area contributed by atoms with E-state index in [-0.39, 0.29) is 18.4 Å². The highest BCUT2D eigenvalue weighted by atomic mass is 32.2. The number of carbonyl (C=O) groups is 1. The predicted molar refractivity (Wildman–Crippen MR) is 85.5 cm³/mol. The van der Waals surface area contributed by atoms with E-state index in [1.807, 2.05) is 18.2 Å². The molecule has 0 bridgehead atoms. The number of hydrogen-bond donors (Lipinski definition) is 2. The van der Waals surface area contributed by atoms with Crippen LogP contribution < -0.4 is 5.32 Å². The average molecular weight is 305 g/mol. The van der Waals surface area contributed by atoms with E-state index in [1.54, 1.807) is 11.8 Å². The summed E-state index contributed by atoms with van der Waals surface area (Å²) in [6.45, 7) is 2.29. The van der Waals surface area contributed by atoms with Gasteiger partial charge in [-0.1, -0.05) is 25.1 Å². The molecule has 1 unspecified atom stereocenters. The second-order valence-electron chi connectivity index (χ2n) is 6.51. The van der Waals surface area contributed by atoms with E-state index in [2.05, 4.69) is 18.3 Å². The van der Waals surface area contributed by atoms with Gasteiger partial charge < -0.3 is 10.4 Å². The Morgan fingerprint density at radius 1 is 1.38 bits per heavy atom. The highest BCUT2D eigenvalue weighted by molar-refractivity contribution is 7.99. The lowest BCUT2D eigenvalue weighted by Crippen LogP contribution is -2.54. The molecule has 1 amide bonds. The molecule has 1 atom stereocenters. The lowest BCUT2D eigenvalue weighted by atomic mass is 9.77. The highest BCUT2D eigenvalue weighted by Gasteiger charge is 2.38. The van der Waals surface area contributed by atoms with E-state index in [0.717, 1.165) is 37.0 Å². The molecule has 1 aromatic carbocycles. The summed E-state index contributed by atoms with van der Waals surface area (Å²) in [6, 6.07) is 8.14. The van der Waals surface area contributed by atoms with Crippen molar-refractivity contribution in [3.8, 4) is 0 Å². The van der Waals surface area contributed by atoms with E-state index >= 15 is 0 Å². The number of fused-ring (bicyclic) bond motifs is 1. The second kappa shape index (κ2) is 6.01. The fourth-order valence-corrected chi connectivity index (χ4v) is 4.59. The van der Waals surface area contributed by atoms with Crippen LogP contribution in [0.4, 0.5) is 0 Å². The first-order valence-corrected chi connectivity index (χ1v) is 8.77. The topological polar surface area (TPSA) is 49.3 Å². The molecule has 1 aliphatic carbocycles. The summed E-state index contributed by atoms with van der Waals surface area (Å²) in [5, 5.41) is 13.0. The van der Waals surface area contributed by atoms with Crippen LogP contribution in [-0.4, -0.2) is 28.9 Å². The molecule has 1 fully saturated rings. The number of amides is 1. The number of carbonyl (C=O) groups excluding carboxylic acids is 1. The monoisotopic (exact) mass is 305 g/mol. The van der Waals surface area contributed by atoms with Gasteiger partial charge >= 0.3 is 0 Å². The van der Waals surface area contributed by atoms with Gasteiger partial charge in [0.25, 0.3) is 0 Å². The van der Waals surface area contributed by atoms with Gasteiger partial charge in [-0.2, -0.15) is 0 Å². The quantitative estimate of drug-likeness (QED) is 0.902. The van der Waals surface area contributed by atoms with E-state index in [9.17, 15) is 9.90 Å². The summed E-state index contributed by atoms with van der Waals surface area (Å²) in [5.74, 6) is 1.51. The fraction of sp³-hybridized carbons (Fsp3) is 0.588. The van der Waals surface area contributed by atoms with Crippen LogP contribution in [-0.2, 0) is 4.79 Å². The number of thioether (sulfide) groups is 1. The summed E-state index contributed by atoms with van der Waals surface area (Å²) in [7, 11) is 0. The number of aliphatic hydroxyl groups is 1. The zero-order chi connectivity index (χ0) is 14.9. The Hall–Kier alpha value is -1.00. The molecule has 3 nitrogen and oxygen atoms in total. The second-order valence-corrected chi connectivity index (χ2v) is 7.57. The lowest BCUT2D eigenvalue weighted by Gasteiger charge is -2.39. The number of hydrogen-bond acceptors (Lipinski definition) is 3. The molecule has 2 aliphatic rings. The van der Waals surface area contributed by atoms with Crippen molar-refractivity contribution in [3.63, 3.8) is 0 Å². The minimum absolute atomic E-state index is 0.0486. The maximum absolute atomic E-state index is 12.7. The Morgan fingerprint density at radius 2 is 2.10 bits per heavy atom. The van der Waals surface area contributed by atoms with E-state index in [0.29, 0.717) is 5.92 Å². The first-order valence-electron chi connectivity index (χ1n) is 7.78. The third-order valence-corrected chi connectivity index (χ3v) is 6.12.